The fourth-order valence-corrected chi connectivity index (χ4v) is 3.19. The van der Waals surface area contributed by atoms with E-state index in [0.29, 0.717) is 17.4 Å². The quantitative estimate of drug-likeness (QED) is 0.627. The van der Waals surface area contributed by atoms with Gasteiger partial charge in [0.05, 0.1) is 13.2 Å². The van der Waals surface area contributed by atoms with Gasteiger partial charge < -0.3 is 19.9 Å². The van der Waals surface area contributed by atoms with E-state index < -0.39 is 11.2 Å². The van der Waals surface area contributed by atoms with Gasteiger partial charge in [0.25, 0.3) is 5.56 Å². The minimum Gasteiger partial charge on any atom is -0.454 e. The second kappa shape index (κ2) is 6.47. The van der Waals surface area contributed by atoms with Crippen LogP contribution in [0.4, 0.5) is 5.95 Å². The first-order chi connectivity index (χ1) is 13.0. The largest absolute Gasteiger partial charge is 0.454 e. The minimum absolute atomic E-state index is 0.0994. The third-order valence-corrected chi connectivity index (χ3v) is 4.55. The molecule has 3 heterocycles. The molecule has 3 aromatic rings. The molecule has 0 saturated heterocycles. The van der Waals surface area contributed by atoms with E-state index in [-0.39, 0.29) is 37.7 Å². The van der Waals surface area contributed by atoms with E-state index in [1.54, 1.807) is 11.6 Å². The summed E-state index contributed by atoms with van der Waals surface area (Å²) in [5.74, 6) is 1.64. The molecule has 0 spiro atoms. The molecular weight excluding hydrogens is 354 g/mol. The third-order valence-electron chi connectivity index (χ3n) is 4.55. The van der Waals surface area contributed by atoms with Crippen LogP contribution in [0, 0.1) is 0 Å². The molecule has 2 aromatic heterocycles. The highest BCUT2D eigenvalue weighted by Gasteiger charge is 2.22. The highest BCUT2D eigenvalue weighted by Crippen LogP contribution is 2.36. The van der Waals surface area contributed by atoms with Crippen LogP contribution in [0.15, 0.2) is 27.8 Å². The number of imidazole rings is 1. The van der Waals surface area contributed by atoms with Crippen molar-refractivity contribution in [3.63, 3.8) is 0 Å². The Morgan fingerprint density at radius 3 is 2.81 bits per heavy atom. The topological polar surface area (TPSA) is 113 Å². The number of nitrogens with one attached hydrogen (secondary N) is 1. The Kier molecular flexibility index (Phi) is 4.11. The summed E-state index contributed by atoms with van der Waals surface area (Å²) in [5.41, 5.74) is 0.475. The molecule has 0 fully saturated rings. The maximum atomic E-state index is 12.8. The maximum Gasteiger partial charge on any atom is 0.332 e. The van der Waals surface area contributed by atoms with Crippen LogP contribution < -0.4 is 26.0 Å². The monoisotopic (exact) mass is 373 g/mol. The molecule has 0 atom stereocenters. The van der Waals surface area contributed by atoms with Gasteiger partial charge in [-0.05, 0) is 6.07 Å². The Labute approximate surface area is 153 Å². The predicted octanol–water partition coefficient (Wildman–Crippen LogP) is -0.385. The summed E-state index contributed by atoms with van der Waals surface area (Å²) in [5, 5.41) is 12.2. The number of fused-ring (bicyclic) bond motifs is 2. The predicted molar refractivity (Wildman–Crippen MR) is 97.5 cm³/mol. The Morgan fingerprint density at radius 1 is 1.22 bits per heavy atom. The van der Waals surface area contributed by atoms with Crippen molar-refractivity contribution in [1.29, 1.82) is 0 Å². The molecule has 10 nitrogen and oxygen atoms in total. The van der Waals surface area contributed by atoms with Gasteiger partial charge in [-0.25, -0.2) is 4.79 Å². The summed E-state index contributed by atoms with van der Waals surface area (Å²) in [7, 11) is 2.99. The standard InChI is InChI=1S/C17H19N5O5/c1-20-14-12(15(24)21(2)17(20)25)22(16(19-14)18-6-7-23)8-10-4-3-5-11-13(10)27-9-26-11/h3-5,23H,6-9H2,1-2H3,(H,18,19). The number of aromatic nitrogens is 4. The molecule has 0 aliphatic carbocycles. The van der Waals surface area contributed by atoms with E-state index in [9.17, 15) is 9.59 Å². The lowest BCUT2D eigenvalue weighted by molar-refractivity contribution is 0.173. The van der Waals surface area contributed by atoms with Crippen LogP contribution in [0.25, 0.3) is 11.2 Å². The lowest BCUT2D eigenvalue weighted by atomic mass is 10.2. The van der Waals surface area contributed by atoms with Gasteiger partial charge in [-0.15, -0.1) is 0 Å². The summed E-state index contributed by atoms with van der Waals surface area (Å²) in [6.07, 6.45) is 0. The summed E-state index contributed by atoms with van der Waals surface area (Å²) >= 11 is 0. The van der Waals surface area contributed by atoms with Crippen LogP contribution in [-0.4, -0.2) is 43.7 Å². The summed E-state index contributed by atoms with van der Waals surface area (Å²) in [6.45, 7) is 0.578. The SMILES string of the molecule is Cn1c(=O)c2c(nc(NCCO)n2Cc2cccc3c2OCO3)n(C)c1=O. The highest BCUT2D eigenvalue weighted by molar-refractivity contribution is 5.74. The number of para-hydroxylation sites is 1. The molecule has 0 radical (unpaired) electrons. The van der Waals surface area contributed by atoms with Crippen molar-refractivity contribution in [2.45, 2.75) is 6.54 Å². The van der Waals surface area contributed by atoms with E-state index in [4.69, 9.17) is 14.6 Å². The average Bonchev–Trinajstić information content (AvgIpc) is 3.28. The molecule has 0 bridgehead atoms. The number of aryl methyl sites for hydroxylation is 1. The normalized spacial score (nSPS) is 12.7. The molecular formula is C17H19N5O5. The van der Waals surface area contributed by atoms with Crippen LogP contribution >= 0.6 is 0 Å². The van der Waals surface area contributed by atoms with E-state index in [1.807, 2.05) is 18.2 Å². The first-order valence-corrected chi connectivity index (χ1v) is 8.41. The fraction of sp³-hybridized carbons (Fsp3) is 0.353. The number of benzene rings is 1. The van der Waals surface area contributed by atoms with Crippen LogP contribution in [-0.2, 0) is 20.6 Å². The van der Waals surface area contributed by atoms with Crippen LogP contribution in [0.3, 0.4) is 0 Å². The molecule has 1 aliphatic rings. The Morgan fingerprint density at radius 2 is 2.04 bits per heavy atom. The van der Waals surface area contributed by atoms with Crippen LogP contribution in [0.1, 0.15) is 5.56 Å². The first kappa shape index (κ1) is 17.2. The molecule has 4 rings (SSSR count). The maximum absolute atomic E-state index is 12.8. The third kappa shape index (κ3) is 2.65. The first-order valence-electron chi connectivity index (χ1n) is 8.41. The van der Waals surface area contributed by atoms with E-state index >= 15 is 0 Å². The molecule has 0 amide bonds. The van der Waals surface area contributed by atoms with Crippen molar-refractivity contribution in [3.05, 3.63) is 44.6 Å². The van der Waals surface area contributed by atoms with Gasteiger partial charge in [0.1, 0.15) is 0 Å². The summed E-state index contributed by atoms with van der Waals surface area (Å²) < 4.78 is 15.0. The van der Waals surface area contributed by atoms with Gasteiger partial charge in [-0.3, -0.25) is 18.5 Å². The van der Waals surface area contributed by atoms with Gasteiger partial charge in [0.15, 0.2) is 22.7 Å². The van der Waals surface area contributed by atoms with Crippen LogP contribution in [0.5, 0.6) is 11.5 Å². The number of hydrogen-bond donors (Lipinski definition) is 2. The smallest absolute Gasteiger partial charge is 0.332 e. The lowest BCUT2D eigenvalue weighted by Gasteiger charge is -2.12. The number of hydrogen-bond acceptors (Lipinski definition) is 7. The van der Waals surface area contributed by atoms with E-state index in [0.717, 1.165) is 10.1 Å². The van der Waals surface area contributed by atoms with Gasteiger partial charge >= 0.3 is 5.69 Å². The van der Waals surface area contributed by atoms with Crippen molar-refractivity contribution >= 4 is 17.1 Å². The highest BCUT2D eigenvalue weighted by atomic mass is 16.7. The van der Waals surface area contributed by atoms with Gasteiger partial charge in [0, 0.05) is 26.2 Å². The van der Waals surface area contributed by atoms with Gasteiger partial charge in [0.2, 0.25) is 12.7 Å². The van der Waals surface area contributed by atoms with Crippen molar-refractivity contribution in [1.82, 2.24) is 18.7 Å². The van der Waals surface area contributed by atoms with Crippen molar-refractivity contribution in [3.8, 4) is 11.5 Å². The van der Waals surface area contributed by atoms with Crippen molar-refractivity contribution < 1.29 is 14.6 Å². The summed E-state index contributed by atoms with van der Waals surface area (Å²) in [6, 6.07) is 5.53. The second-order valence-electron chi connectivity index (χ2n) is 6.20. The van der Waals surface area contributed by atoms with E-state index in [1.165, 1.54) is 11.6 Å². The number of aliphatic hydroxyl groups excluding tert-OH is 1. The lowest BCUT2D eigenvalue weighted by Crippen LogP contribution is -2.37. The van der Waals surface area contributed by atoms with E-state index in [2.05, 4.69) is 10.3 Å². The fourth-order valence-electron chi connectivity index (χ4n) is 3.19. The zero-order valence-electron chi connectivity index (χ0n) is 14.9. The number of nitrogens with zero attached hydrogens (tertiary/aromatic N) is 4. The van der Waals surface area contributed by atoms with Crippen molar-refractivity contribution in [2.24, 2.45) is 14.1 Å². The Bertz CT molecular complexity index is 1140. The number of aliphatic hydroxyl groups is 1. The Balaban J connectivity index is 1.94. The van der Waals surface area contributed by atoms with Crippen LogP contribution in [0.2, 0.25) is 0 Å². The molecule has 10 heteroatoms. The number of rotatable bonds is 5. The molecule has 1 aliphatic heterocycles. The molecule has 142 valence electrons. The van der Waals surface area contributed by atoms with Crippen molar-refractivity contribution in [2.75, 3.05) is 25.3 Å². The Hall–Kier alpha value is -3.27. The number of anilines is 1. The molecule has 2 N–H and O–H groups in total. The van der Waals surface area contributed by atoms with Gasteiger partial charge in [-0.1, -0.05) is 12.1 Å². The molecule has 0 saturated carbocycles. The van der Waals surface area contributed by atoms with Gasteiger partial charge in [-0.2, -0.15) is 4.98 Å². The second-order valence-corrected chi connectivity index (χ2v) is 6.20. The summed E-state index contributed by atoms with van der Waals surface area (Å²) in [4.78, 5) is 29.4. The molecule has 0 unspecified atom stereocenters. The molecule has 27 heavy (non-hydrogen) atoms. The zero-order chi connectivity index (χ0) is 19.1. The molecule has 1 aromatic carbocycles. The zero-order valence-corrected chi connectivity index (χ0v) is 14.9. The average molecular weight is 373 g/mol. The number of ether oxygens (including phenoxy) is 2. The minimum atomic E-state index is -0.455.